The Hall–Kier alpha value is -1.59. The molecular weight excluding hydrogens is 234 g/mol. The highest BCUT2D eigenvalue weighted by Gasteiger charge is 2.13. The van der Waals surface area contributed by atoms with Crippen LogP contribution in [0.25, 0.3) is 0 Å². The lowest BCUT2D eigenvalue weighted by Crippen LogP contribution is -2.08. The number of aromatic carboxylic acids is 1. The molecule has 0 aromatic heterocycles. The second-order valence-corrected chi connectivity index (χ2v) is 3.31. The fraction of sp³-hybridized carbons (Fsp3) is 0.200. The molecule has 2 N–H and O–H groups in total. The molecule has 1 aromatic carbocycles. The number of halogens is 1. The Kier molecular flexibility index (Phi) is 4.28. The van der Waals surface area contributed by atoms with Crippen LogP contribution in [0.2, 0.25) is 0 Å². The zero-order valence-corrected chi connectivity index (χ0v) is 9.25. The lowest BCUT2D eigenvalue weighted by molar-refractivity contribution is -0.131. The van der Waals surface area contributed by atoms with Gasteiger partial charge in [0, 0.05) is 13.5 Å². The van der Waals surface area contributed by atoms with Gasteiger partial charge < -0.3 is 9.84 Å². The fourth-order valence-electron chi connectivity index (χ4n) is 1.17. The van der Waals surface area contributed by atoms with Gasteiger partial charge >= 0.3 is 11.9 Å². The van der Waals surface area contributed by atoms with Crippen molar-refractivity contribution in [1.82, 2.24) is 4.84 Å². The van der Waals surface area contributed by atoms with Crippen molar-refractivity contribution < 1.29 is 19.4 Å². The minimum Gasteiger partial charge on any atom is -0.478 e. The Morgan fingerprint density at radius 1 is 1.50 bits per heavy atom. The Bertz CT molecular complexity index is 419. The molecule has 0 fully saturated rings. The van der Waals surface area contributed by atoms with Crippen molar-refractivity contribution in [3.05, 3.63) is 29.3 Å². The van der Waals surface area contributed by atoms with Crippen molar-refractivity contribution in [2.45, 2.75) is 13.5 Å². The average Bonchev–Trinajstić information content (AvgIpc) is 2.16. The van der Waals surface area contributed by atoms with Gasteiger partial charge in [-0.3, -0.25) is 4.79 Å². The number of ether oxygens (including phenoxy) is 1. The Labute approximate surface area is 97.1 Å². The summed E-state index contributed by atoms with van der Waals surface area (Å²) in [5, 5.41) is 8.87. The SMILES string of the molecule is CC(=O)Oc1cc(CNCl)ccc1C(=O)O. The van der Waals surface area contributed by atoms with Gasteiger partial charge in [-0.15, -0.1) is 0 Å². The van der Waals surface area contributed by atoms with E-state index in [2.05, 4.69) is 4.84 Å². The van der Waals surface area contributed by atoms with Crippen molar-refractivity contribution in [2.24, 2.45) is 0 Å². The smallest absolute Gasteiger partial charge is 0.339 e. The lowest BCUT2D eigenvalue weighted by Gasteiger charge is -2.07. The standard InChI is InChI=1S/C10H10ClNO4/c1-6(13)16-9-4-7(5-12-11)2-3-8(9)10(14)15/h2-4,12H,5H2,1H3,(H,14,15). The molecule has 86 valence electrons. The van der Waals surface area contributed by atoms with Gasteiger partial charge in [0.1, 0.15) is 11.3 Å². The number of benzene rings is 1. The van der Waals surface area contributed by atoms with E-state index in [1.165, 1.54) is 19.1 Å². The molecule has 0 unspecified atom stereocenters. The molecule has 1 aromatic rings. The third kappa shape index (κ3) is 3.22. The van der Waals surface area contributed by atoms with E-state index in [1.54, 1.807) is 6.07 Å². The number of carbonyl (C=O) groups is 2. The second kappa shape index (κ2) is 5.48. The predicted molar refractivity (Wildman–Crippen MR) is 57.4 cm³/mol. The number of carbonyl (C=O) groups excluding carboxylic acids is 1. The van der Waals surface area contributed by atoms with E-state index in [1.807, 2.05) is 0 Å². The summed E-state index contributed by atoms with van der Waals surface area (Å²) in [6, 6.07) is 4.41. The topological polar surface area (TPSA) is 75.6 Å². The number of hydrogen-bond donors (Lipinski definition) is 2. The molecule has 0 amide bonds. The molecule has 0 spiro atoms. The predicted octanol–water partition coefficient (Wildman–Crippen LogP) is 1.55. The number of carboxylic acids is 1. The van der Waals surface area contributed by atoms with Crippen LogP contribution in [-0.4, -0.2) is 17.0 Å². The summed E-state index contributed by atoms with van der Waals surface area (Å²) in [4.78, 5) is 24.0. The number of rotatable bonds is 4. The number of hydrogen-bond acceptors (Lipinski definition) is 4. The van der Waals surface area contributed by atoms with Crippen LogP contribution in [0.15, 0.2) is 18.2 Å². The van der Waals surface area contributed by atoms with Crippen LogP contribution in [0, 0.1) is 0 Å². The summed E-state index contributed by atoms with van der Waals surface area (Å²) in [6.45, 7) is 1.55. The van der Waals surface area contributed by atoms with Gasteiger partial charge in [-0.2, -0.15) is 0 Å². The normalized spacial score (nSPS) is 9.88. The van der Waals surface area contributed by atoms with Crippen molar-refractivity contribution in [3.8, 4) is 5.75 Å². The van der Waals surface area contributed by atoms with Crippen LogP contribution in [0.4, 0.5) is 0 Å². The van der Waals surface area contributed by atoms with Gasteiger partial charge in [-0.1, -0.05) is 6.07 Å². The molecule has 0 heterocycles. The van der Waals surface area contributed by atoms with Gasteiger partial charge in [0.15, 0.2) is 0 Å². The molecule has 5 nitrogen and oxygen atoms in total. The summed E-state index contributed by atoms with van der Waals surface area (Å²) >= 11 is 5.32. The maximum absolute atomic E-state index is 10.8. The monoisotopic (exact) mass is 243 g/mol. The van der Waals surface area contributed by atoms with Gasteiger partial charge in [0.2, 0.25) is 0 Å². The van der Waals surface area contributed by atoms with Crippen molar-refractivity contribution in [3.63, 3.8) is 0 Å². The highest BCUT2D eigenvalue weighted by atomic mass is 35.5. The van der Waals surface area contributed by atoms with Crippen molar-refractivity contribution in [1.29, 1.82) is 0 Å². The van der Waals surface area contributed by atoms with Gasteiger partial charge in [0.05, 0.1) is 0 Å². The summed E-state index contributed by atoms with van der Waals surface area (Å²) in [7, 11) is 0. The van der Waals surface area contributed by atoms with E-state index in [-0.39, 0.29) is 11.3 Å². The van der Waals surface area contributed by atoms with Gasteiger partial charge in [0.25, 0.3) is 0 Å². The van der Waals surface area contributed by atoms with Gasteiger partial charge in [-0.05, 0) is 29.5 Å². The molecule has 0 bridgehead atoms. The molecule has 1 rings (SSSR count). The van der Waals surface area contributed by atoms with Crippen LogP contribution in [-0.2, 0) is 11.3 Å². The maximum atomic E-state index is 10.8. The Balaban J connectivity index is 3.10. The minimum atomic E-state index is -1.15. The Morgan fingerprint density at radius 3 is 2.69 bits per heavy atom. The summed E-state index contributed by atoms with van der Waals surface area (Å²) in [5.41, 5.74) is 0.657. The van der Waals surface area contributed by atoms with E-state index in [4.69, 9.17) is 21.6 Å². The van der Waals surface area contributed by atoms with E-state index >= 15 is 0 Å². The highest BCUT2D eigenvalue weighted by molar-refractivity contribution is 6.13. The van der Waals surface area contributed by atoms with Crippen LogP contribution in [0.3, 0.4) is 0 Å². The number of nitrogens with one attached hydrogen (secondary N) is 1. The molecule has 0 aliphatic heterocycles. The molecule has 0 aliphatic carbocycles. The summed E-state index contributed by atoms with van der Waals surface area (Å²) < 4.78 is 4.80. The first-order chi connectivity index (χ1) is 7.54. The quantitative estimate of drug-likeness (QED) is 0.477. The average molecular weight is 244 g/mol. The van der Waals surface area contributed by atoms with Crippen molar-refractivity contribution in [2.75, 3.05) is 0 Å². The van der Waals surface area contributed by atoms with E-state index < -0.39 is 11.9 Å². The summed E-state index contributed by atoms with van der Waals surface area (Å²) in [5.74, 6) is -1.70. The molecular formula is C10H10ClNO4. The van der Waals surface area contributed by atoms with E-state index in [9.17, 15) is 9.59 Å². The lowest BCUT2D eigenvalue weighted by atomic mass is 10.1. The van der Waals surface area contributed by atoms with Crippen LogP contribution in [0.5, 0.6) is 5.75 Å². The zero-order valence-electron chi connectivity index (χ0n) is 8.49. The molecule has 0 saturated carbocycles. The first kappa shape index (κ1) is 12.5. The Morgan fingerprint density at radius 2 is 2.19 bits per heavy atom. The first-order valence-corrected chi connectivity index (χ1v) is 4.80. The second-order valence-electron chi connectivity index (χ2n) is 3.04. The van der Waals surface area contributed by atoms with Crippen molar-refractivity contribution >= 4 is 23.7 Å². The molecule has 16 heavy (non-hydrogen) atoms. The molecule has 0 atom stereocenters. The third-order valence-corrected chi connectivity index (χ3v) is 1.93. The molecule has 6 heteroatoms. The summed E-state index contributed by atoms with van der Waals surface area (Å²) in [6.07, 6.45) is 0. The zero-order chi connectivity index (χ0) is 12.1. The third-order valence-electron chi connectivity index (χ3n) is 1.80. The van der Waals surface area contributed by atoms with E-state index in [0.717, 1.165) is 5.56 Å². The minimum absolute atomic E-state index is 0.0180. The molecule has 0 radical (unpaired) electrons. The van der Waals surface area contributed by atoms with Gasteiger partial charge in [-0.25, -0.2) is 9.63 Å². The number of carboxylic acid groups (broad SMARTS) is 1. The molecule has 0 saturated heterocycles. The van der Waals surface area contributed by atoms with Crippen LogP contribution in [0.1, 0.15) is 22.8 Å². The largest absolute Gasteiger partial charge is 0.478 e. The molecule has 0 aliphatic rings. The van der Waals surface area contributed by atoms with Crippen LogP contribution >= 0.6 is 11.8 Å². The van der Waals surface area contributed by atoms with E-state index in [0.29, 0.717) is 6.54 Å². The maximum Gasteiger partial charge on any atom is 0.339 e. The van der Waals surface area contributed by atoms with Crippen LogP contribution < -0.4 is 9.57 Å². The first-order valence-electron chi connectivity index (χ1n) is 4.42. The number of esters is 1. The highest BCUT2D eigenvalue weighted by Crippen LogP contribution is 2.21. The fourth-order valence-corrected chi connectivity index (χ4v) is 1.32.